The zero-order valence-corrected chi connectivity index (χ0v) is 4.59. The molecule has 5 nitrogen and oxygen atoms in total. The molecule has 2 amide bonds. The van der Waals surface area contributed by atoms with Crippen molar-refractivity contribution in [2.75, 3.05) is 5.32 Å². The maximum Gasteiger partial charge on any atom is 0.318 e. The van der Waals surface area contributed by atoms with E-state index in [2.05, 4.69) is 15.3 Å². The predicted octanol–water partition coefficient (Wildman–Crippen LogP) is -0.0997. The quantitative estimate of drug-likeness (QED) is 0.491. The molecule has 48 valence electrons. The van der Waals surface area contributed by atoms with Crippen LogP contribution in [0.25, 0.3) is 0 Å². The smallest absolute Gasteiger partial charge is 0.318 e. The molecule has 1 aromatic heterocycles. The van der Waals surface area contributed by atoms with E-state index >= 15 is 0 Å². The second-order valence-electron chi connectivity index (χ2n) is 1.43. The van der Waals surface area contributed by atoms with Crippen LogP contribution in [0, 0.1) is 0 Å². The largest absolute Gasteiger partial charge is 0.351 e. The summed E-state index contributed by atoms with van der Waals surface area (Å²) in [6, 6.07) is -0.620. The number of aromatic amines is 1. The molecule has 5 heteroatoms. The Bertz CT molecular complexity index is 192. The number of amides is 2. The van der Waals surface area contributed by atoms with Crippen LogP contribution in [0.4, 0.5) is 10.7 Å². The molecular formula is C4H6N4O. The van der Waals surface area contributed by atoms with Gasteiger partial charge in [0.1, 0.15) is 0 Å². The molecule has 0 fully saturated rings. The van der Waals surface area contributed by atoms with Gasteiger partial charge in [-0.3, -0.25) is 5.32 Å². The minimum Gasteiger partial charge on any atom is -0.351 e. The fourth-order valence-electron chi connectivity index (χ4n) is 0.450. The van der Waals surface area contributed by atoms with Gasteiger partial charge in [-0.05, 0) is 0 Å². The molecule has 0 aliphatic carbocycles. The summed E-state index contributed by atoms with van der Waals surface area (Å²) in [7, 11) is 0. The number of hydrogen-bond acceptors (Lipinski definition) is 2. The minimum absolute atomic E-state index is 0.363. The molecule has 4 N–H and O–H groups in total. The van der Waals surface area contributed by atoms with E-state index < -0.39 is 6.03 Å². The number of carbonyl (C=O) groups is 1. The highest BCUT2D eigenvalue weighted by molar-refractivity contribution is 5.85. The Kier molecular flexibility index (Phi) is 1.35. The van der Waals surface area contributed by atoms with Gasteiger partial charge >= 0.3 is 6.03 Å². The van der Waals surface area contributed by atoms with Gasteiger partial charge in [0.25, 0.3) is 0 Å². The molecule has 0 unspecified atom stereocenters. The van der Waals surface area contributed by atoms with Gasteiger partial charge in [0.05, 0.1) is 0 Å². The molecule has 0 aliphatic heterocycles. The van der Waals surface area contributed by atoms with E-state index in [1.54, 1.807) is 6.20 Å². The van der Waals surface area contributed by atoms with Crippen LogP contribution in [0.5, 0.6) is 0 Å². The van der Waals surface area contributed by atoms with Crippen LogP contribution in [-0.4, -0.2) is 16.0 Å². The molecule has 0 spiro atoms. The zero-order valence-electron chi connectivity index (χ0n) is 4.59. The first-order valence-corrected chi connectivity index (χ1v) is 2.35. The van der Waals surface area contributed by atoms with Crippen molar-refractivity contribution in [3.63, 3.8) is 0 Å². The van der Waals surface area contributed by atoms with Crippen molar-refractivity contribution in [3.05, 3.63) is 12.4 Å². The lowest BCUT2D eigenvalue weighted by Gasteiger charge is -1.91. The third kappa shape index (κ3) is 1.45. The molecule has 1 rings (SSSR count). The Morgan fingerprint density at radius 1 is 1.89 bits per heavy atom. The van der Waals surface area contributed by atoms with Gasteiger partial charge in [0.2, 0.25) is 5.95 Å². The Labute approximate surface area is 51.3 Å². The van der Waals surface area contributed by atoms with E-state index in [0.717, 1.165) is 0 Å². The summed E-state index contributed by atoms with van der Waals surface area (Å²) in [5, 5.41) is 2.26. The van der Waals surface area contributed by atoms with Crippen LogP contribution < -0.4 is 11.1 Å². The lowest BCUT2D eigenvalue weighted by molar-refractivity contribution is 0.259. The molecule has 0 saturated heterocycles. The maximum absolute atomic E-state index is 10.1. The number of rotatable bonds is 1. The molecule has 0 radical (unpaired) electrons. The Hall–Kier alpha value is -1.52. The molecule has 0 bridgehead atoms. The number of anilines is 1. The molecule has 0 atom stereocenters. The van der Waals surface area contributed by atoms with Gasteiger partial charge in [-0.25, -0.2) is 9.78 Å². The number of primary amides is 1. The second kappa shape index (κ2) is 2.17. The van der Waals surface area contributed by atoms with Crippen molar-refractivity contribution < 1.29 is 4.79 Å². The third-order valence-electron chi connectivity index (χ3n) is 0.740. The van der Waals surface area contributed by atoms with Gasteiger partial charge in [-0.2, -0.15) is 0 Å². The number of nitrogens with two attached hydrogens (primary N) is 1. The fraction of sp³-hybridized carbons (Fsp3) is 0. The molecule has 0 aliphatic rings. The predicted molar refractivity (Wildman–Crippen MR) is 31.8 cm³/mol. The summed E-state index contributed by atoms with van der Waals surface area (Å²) in [6.45, 7) is 0. The van der Waals surface area contributed by atoms with E-state index in [-0.39, 0.29) is 0 Å². The van der Waals surface area contributed by atoms with Gasteiger partial charge in [-0.1, -0.05) is 0 Å². The first kappa shape index (κ1) is 5.61. The van der Waals surface area contributed by atoms with E-state index in [1.165, 1.54) is 6.20 Å². The zero-order chi connectivity index (χ0) is 6.69. The molecule has 1 aromatic rings. The van der Waals surface area contributed by atoms with Gasteiger partial charge in [-0.15, -0.1) is 0 Å². The van der Waals surface area contributed by atoms with Crippen molar-refractivity contribution in [3.8, 4) is 0 Å². The Balaban J connectivity index is 2.58. The number of urea groups is 1. The van der Waals surface area contributed by atoms with E-state index in [9.17, 15) is 4.79 Å². The number of hydrogen-bond donors (Lipinski definition) is 3. The van der Waals surface area contributed by atoms with Gasteiger partial charge in [0.15, 0.2) is 0 Å². The van der Waals surface area contributed by atoms with Crippen molar-refractivity contribution >= 4 is 12.0 Å². The average molecular weight is 126 g/mol. The number of carbonyl (C=O) groups excluding carboxylic acids is 1. The summed E-state index contributed by atoms with van der Waals surface area (Å²) < 4.78 is 0. The van der Waals surface area contributed by atoms with Crippen molar-refractivity contribution in [2.45, 2.75) is 0 Å². The van der Waals surface area contributed by atoms with E-state index in [0.29, 0.717) is 5.95 Å². The Morgan fingerprint density at radius 3 is 3.11 bits per heavy atom. The van der Waals surface area contributed by atoms with Crippen LogP contribution >= 0.6 is 0 Å². The highest BCUT2D eigenvalue weighted by atomic mass is 16.2. The topological polar surface area (TPSA) is 83.8 Å². The van der Waals surface area contributed by atoms with Gasteiger partial charge in [0, 0.05) is 12.4 Å². The fourth-order valence-corrected chi connectivity index (χ4v) is 0.450. The molecule has 0 aromatic carbocycles. The number of imidazole rings is 1. The van der Waals surface area contributed by atoms with Crippen molar-refractivity contribution in [1.29, 1.82) is 0 Å². The molecule has 0 saturated carbocycles. The summed E-state index contributed by atoms with van der Waals surface area (Å²) >= 11 is 0. The summed E-state index contributed by atoms with van der Waals surface area (Å²) in [6.07, 6.45) is 3.11. The van der Waals surface area contributed by atoms with Crippen LogP contribution in [0.2, 0.25) is 0 Å². The average Bonchev–Trinajstić information content (AvgIpc) is 2.15. The van der Waals surface area contributed by atoms with Crippen molar-refractivity contribution in [1.82, 2.24) is 9.97 Å². The summed E-state index contributed by atoms with van der Waals surface area (Å²) in [5.74, 6) is 0.363. The normalized spacial score (nSPS) is 8.89. The first-order valence-electron chi connectivity index (χ1n) is 2.35. The van der Waals surface area contributed by atoms with Crippen LogP contribution in [0.1, 0.15) is 0 Å². The SMILES string of the molecule is NC(=O)Nc1ncc[nH]1. The summed E-state index contributed by atoms with van der Waals surface area (Å²) in [5.41, 5.74) is 4.77. The molecule has 9 heavy (non-hydrogen) atoms. The Morgan fingerprint density at radius 2 is 2.67 bits per heavy atom. The second-order valence-corrected chi connectivity index (χ2v) is 1.43. The highest BCUT2D eigenvalue weighted by Crippen LogP contribution is 1.91. The maximum atomic E-state index is 10.1. The van der Waals surface area contributed by atoms with E-state index in [1.807, 2.05) is 0 Å². The summed E-state index contributed by atoms with van der Waals surface area (Å²) in [4.78, 5) is 16.5. The third-order valence-corrected chi connectivity index (χ3v) is 0.740. The number of aromatic nitrogens is 2. The number of nitrogens with zero attached hydrogens (tertiary/aromatic N) is 1. The van der Waals surface area contributed by atoms with Crippen LogP contribution in [0.3, 0.4) is 0 Å². The number of H-pyrrole nitrogens is 1. The van der Waals surface area contributed by atoms with Crippen LogP contribution in [-0.2, 0) is 0 Å². The van der Waals surface area contributed by atoms with Gasteiger partial charge < -0.3 is 10.7 Å². The molecular weight excluding hydrogens is 120 g/mol. The first-order chi connectivity index (χ1) is 4.29. The van der Waals surface area contributed by atoms with Crippen molar-refractivity contribution in [2.24, 2.45) is 5.73 Å². The highest BCUT2D eigenvalue weighted by Gasteiger charge is 1.93. The lowest BCUT2D eigenvalue weighted by atomic mass is 10.9. The minimum atomic E-state index is -0.620. The monoisotopic (exact) mass is 126 g/mol. The van der Waals surface area contributed by atoms with E-state index in [4.69, 9.17) is 5.73 Å². The molecule has 1 heterocycles. The lowest BCUT2D eigenvalue weighted by Crippen LogP contribution is -2.19. The standard InChI is InChI=1S/C4H6N4O/c5-3(9)8-4-6-1-2-7-4/h1-2H,(H4,5,6,7,8,9). The number of nitrogens with one attached hydrogen (secondary N) is 2. The van der Waals surface area contributed by atoms with Crippen LogP contribution in [0.15, 0.2) is 12.4 Å².